The summed E-state index contributed by atoms with van der Waals surface area (Å²) in [4.78, 5) is 77.1. The van der Waals surface area contributed by atoms with Gasteiger partial charge in [-0.05, 0) is 95.2 Å². The number of aliphatic hydroxyl groups is 1. The second-order valence-corrected chi connectivity index (χ2v) is 15.9. The number of carbonyl (C=O) groups is 6. The van der Waals surface area contributed by atoms with E-state index in [0.29, 0.717) is 12.8 Å². The predicted octanol–water partition coefficient (Wildman–Crippen LogP) is 5.39. The SMILES string of the molecule is CCC(C)OC(=O)/C=C/C=C(\C)CC/C=C/C=C/C[C@H](C)[C@@H](O)[C@@H](CCC(C)=O)C(=O)N[C@H](C(=O)N[C@@H](Cc1cc(O)cc(F)c1)C(=O)N1CCCC(C(=O)O)N1)C(C)C. The molecular formula is C45H65FN4O10. The number of hydrogen-bond donors (Lipinski definition) is 6. The fraction of sp³-hybridized carbons (Fsp3) is 0.556. The van der Waals surface area contributed by atoms with Crippen LogP contribution in [-0.4, -0.2) is 92.7 Å². The molecule has 0 bridgehead atoms. The van der Waals surface area contributed by atoms with Crippen LogP contribution < -0.4 is 16.1 Å². The molecule has 0 aromatic heterocycles. The number of ether oxygens (including phenoxy) is 1. The molecule has 1 aromatic carbocycles. The van der Waals surface area contributed by atoms with E-state index in [9.17, 15) is 48.5 Å². The lowest BCUT2D eigenvalue weighted by Crippen LogP contribution is -2.62. The molecule has 3 amide bonds. The number of aliphatic hydroxyl groups excluding tert-OH is 1. The highest BCUT2D eigenvalue weighted by Crippen LogP contribution is 2.23. The highest BCUT2D eigenvalue weighted by molar-refractivity contribution is 5.93. The Morgan fingerprint density at radius 2 is 1.68 bits per heavy atom. The molecule has 1 saturated heterocycles. The second-order valence-electron chi connectivity index (χ2n) is 15.9. The van der Waals surface area contributed by atoms with Gasteiger partial charge in [-0.3, -0.25) is 24.2 Å². The molecule has 6 N–H and O–H groups in total. The first-order valence-corrected chi connectivity index (χ1v) is 20.8. The summed E-state index contributed by atoms with van der Waals surface area (Å²) in [5.41, 5.74) is 3.94. The number of esters is 1. The van der Waals surface area contributed by atoms with Crippen molar-refractivity contribution in [3.05, 3.63) is 77.7 Å². The number of halogens is 1. The number of rotatable bonds is 24. The van der Waals surface area contributed by atoms with Crippen molar-refractivity contribution in [1.82, 2.24) is 21.1 Å². The number of nitrogens with one attached hydrogen (secondary N) is 3. The molecule has 1 fully saturated rings. The molecule has 2 rings (SSSR count). The zero-order valence-corrected chi connectivity index (χ0v) is 36.0. The number of benzene rings is 1. The zero-order valence-electron chi connectivity index (χ0n) is 36.0. The zero-order chi connectivity index (χ0) is 44.9. The maximum atomic E-state index is 14.2. The van der Waals surface area contributed by atoms with Gasteiger partial charge in [0.25, 0.3) is 5.91 Å². The molecule has 60 heavy (non-hydrogen) atoms. The van der Waals surface area contributed by atoms with Crippen LogP contribution in [0.2, 0.25) is 0 Å². The number of phenols is 1. The molecule has 1 aliphatic heterocycles. The van der Waals surface area contributed by atoms with E-state index in [1.54, 1.807) is 26.8 Å². The third-order valence-corrected chi connectivity index (χ3v) is 10.2. The summed E-state index contributed by atoms with van der Waals surface area (Å²) in [6.45, 7) is 12.4. The number of carbonyl (C=O) groups excluding carboxylic acids is 5. The summed E-state index contributed by atoms with van der Waals surface area (Å²) in [6, 6.07) is -0.373. The van der Waals surface area contributed by atoms with Gasteiger partial charge in [0.1, 0.15) is 35.5 Å². The number of hydrazine groups is 1. The molecule has 332 valence electrons. The summed E-state index contributed by atoms with van der Waals surface area (Å²) in [5, 5.41) is 37.5. The van der Waals surface area contributed by atoms with E-state index in [1.165, 1.54) is 19.1 Å². The van der Waals surface area contributed by atoms with Crippen molar-refractivity contribution >= 4 is 35.4 Å². The lowest BCUT2D eigenvalue weighted by atomic mass is 9.85. The number of amides is 3. The van der Waals surface area contributed by atoms with Gasteiger partial charge in [-0.25, -0.2) is 14.6 Å². The van der Waals surface area contributed by atoms with Crippen LogP contribution >= 0.6 is 0 Å². The lowest BCUT2D eigenvalue weighted by Gasteiger charge is -2.35. The number of aromatic hydroxyl groups is 1. The number of ketones is 1. The van der Waals surface area contributed by atoms with Crippen molar-refractivity contribution in [3.63, 3.8) is 0 Å². The van der Waals surface area contributed by atoms with Crippen molar-refractivity contribution in [3.8, 4) is 5.75 Å². The number of aliphatic carboxylic acids is 1. The van der Waals surface area contributed by atoms with Gasteiger partial charge >= 0.3 is 11.9 Å². The Labute approximate surface area is 353 Å². The Hall–Kier alpha value is -5.15. The van der Waals surface area contributed by atoms with E-state index in [2.05, 4.69) is 16.1 Å². The number of allylic oxidation sites excluding steroid dienone is 7. The highest BCUT2D eigenvalue weighted by atomic mass is 19.1. The fourth-order valence-corrected chi connectivity index (χ4v) is 6.46. The Morgan fingerprint density at radius 3 is 2.32 bits per heavy atom. The Bertz CT molecular complexity index is 1720. The van der Waals surface area contributed by atoms with Crippen LogP contribution in [-0.2, 0) is 39.9 Å². The van der Waals surface area contributed by atoms with E-state index < -0.39 is 77.2 Å². The van der Waals surface area contributed by atoms with Gasteiger partial charge in [-0.2, -0.15) is 0 Å². The fourth-order valence-electron chi connectivity index (χ4n) is 6.46. The number of phenolic OH excluding ortho intramolecular Hbond substituents is 1. The average Bonchev–Trinajstić information content (AvgIpc) is 3.18. The third kappa shape index (κ3) is 18.4. The average molecular weight is 841 g/mol. The summed E-state index contributed by atoms with van der Waals surface area (Å²) >= 11 is 0. The van der Waals surface area contributed by atoms with E-state index >= 15 is 0 Å². The first-order chi connectivity index (χ1) is 28.3. The predicted molar refractivity (Wildman–Crippen MR) is 225 cm³/mol. The van der Waals surface area contributed by atoms with Gasteiger partial charge in [0.15, 0.2) is 0 Å². The van der Waals surface area contributed by atoms with Gasteiger partial charge in [-0.1, -0.05) is 69.7 Å². The molecule has 0 saturated carbocycles. The monoisotopic (exact) mass is 840 g/mol. The van der Waals surface area contributed by atoms with Crippen LogP contribution in [0.15, 0.2) is 66.3 Å². The van der Waals surface area contributed by atoms with Gasteiger partial charge in [0.2, 0.25) is 11.8 Å². The molecule has 0 spiro atoms. The molecule has 0 aliphatic carbocycles. The maximum Gasteiger partial charge on any atom is 0.331 e. The number of Topliss-reactive ketones (excluding diaryl/α,β-unsaturated/α-hetero) is 1. The van der Waals surface area contributed by atoms with Crippen LogP contribution in [0.4, 0.5) is 4.39 Å². The Morgan fingerprint density at radius 1 is 0.983 bits per heavy atom. The minimum atomic E-state index is -1.36. The van der Waals surface area contributed by atoms with Crippen molar-refractivity contribution in [1.29, 1.82) is 0 Å². The largest absolute Gasteiger partial charge is 0.508 e. The summed E-state index contributed by atoms with van der Waals surface area (Å²) in [5.74, 6) is -6.96. The van der Waals surface area contributed by atoms with Crippen LogP contribution in [0.5, 0.6) is 5.75 Å². The van der Waals surface area contributed by atoms with E-state index in [4.69, 9.17) is 4.74 Å². The van der Waals surface area contributed by atoms with Crippen molar-refractivity contribution < 1.29 is 53.2 Å². The number of nitrogens with zero attached hydrogens (tertiary/aromatic N) is 1. The van der Waals surface area contributed by atoms with Gasteiger partial charge < -0.3 is 35.5 Å². The molecule has 7 atom stereocenters. The quantitative estimate of drug-likeness (QED) is 0.0442. The Balaban J connectivity index is 2.14. The maximum absolute atomic E-state index is 14.2. The van der Waals surface area contributed by atoms with Crippen LogP contribution in [0.25, 0.3) is 0 Å². The first-order valence-electron chi connectivity index (χ1n) is 20.8. The minimum absolute atomic E-state index is 0.0159. The van der Waals surface area contributed by atoms with Crippen LogP contribution in [0.1, 0.15) is 105 Å². The lowest BCUT2D eigenvalue weighted by molar-refractivity contribution is -0.149. The smallest absolute Gasteiger partial charge is 0.331 e. The normalized spacial score (nSPS) is 17.9. The first kappa shape index (κ1) is 51.0. The molecule has 2 unspecified atom stereocenters. The standard InChI is InChI=1S/C45H65FN4O10/c1-8-32(7)60-39(53)20-14-17-29(4)16-12-10-9-11-13-18-30(5)41(54)36(22-21-31(6)51)42(55)48-40(28(2)3)43(56)47-38(26-33-24-34(46)27-35(52)25-33)44(57)50-23-15-19-37(49-50)45(58)59/h9-11,13-14,17,20,24-25,27-28,30,32,36-38,40-41,49,52,54H,8,12,15-16,18-19,21-23,26H2,1-7H3,(H,47,56)(H,48,55)(H,58,59)/b10-9+,13-11+,20-14+,29-17+/t30-,32?,36+,37?,38-,40-,41+/m0/s1. The number of hydrogen-bond acceptors (Lipinski definition) is 10. The molecule has 1 heterocycles. The molecule has 15 heteroatoms. The number of carboxylic acids is 1. The Kier molecular flexibility index (Phi) is 22.2. The van der Waals surface area contributed by atoms with E-state index in [-0.39, 0.29) is 55.6 Å². The minimum Gasteiger partial charge on any atom is -0.508 e. The van der Waals surface area contributed by atoms with Crippen LogP contribution in [0.3, 0.4) is 0 Å². The molecule has 1 aliphatic rings. The van der Waals surface area contributed by atoms with Gasteiger partial charge in [-0.15, -0.1) is 0 Å². The molecule has 14 nitrogen and oxygen atoms in total. The molecular weight excluding hydrogens is 776 g/mol. The summed E-state index contributed by atoms with van der Waals surface area (Å²) < 4.78 is 19.4. The molecule has 0 radical (unpaired) electrons. The summed E-state index contributed by atoms with van der Waals surface area (Å²) in [7, 11) is 0. The van der Waals surface area contributed by atoms with Crippen molar-refractivity contribution in [2.75, 3.05) is 6.54 Å². The van der Waals surface area contributed by atoms with Crippen molar-refractivity contribution in [2.24, 2.45) is 17.8 Å². The number of carboxylic acid groups (broad SMARTS) is 1. The van der Waals surface area contributed by atoms with Crippen LogP contribution in [0, 0.1) is 23.6 Å². The van der Waals surface area contributed by atoms with Gasteiger partial charge in [0, 0.05) is 31.5 Å². The van der Waals surface area contributed by atoms with E-state index in [0.717, 1.165) is 42.0 Å². The van der Waals surface area contributed by atoms with Crippen molar-refractivity contribution in [2.45, 2.75) is 137 Å². The molecule has 1 aromatic rings. The van der Waals surface area contributed by atoms with Gasteiger partial charge in [0.05, 0.1) is 18.1 Å². The second kappa shape index (κ2) is 26.1. The third-order valence-electron chi connectivity index (χ3n) is 10.2. The highest BCUT2D eigenvalue weighted by Gasteiger charge is 2.37. The van der Waals surface area contributed by atoms with E-state index in [1.807, 2.05) is 51.2 Å². The topological polar surface area (TPSA) is 212 Å². The summed E-state index contributed by atoms with van der Waals surface area (Å²) in [6.07, 6.45) is 14.4.